The third-order valence-corrected chi connectivity index (χ3v) is 5.60. The van der Waals surface area contributed by atoms with E-state index in [1.165, 1.54) is 0 Å². The molecule has 0 radical (unpaired) electrons. The van der Waals surface area contributed by atoms with Gasteiger partial charge in [-0.1, -0.05) is 12.1 Å². The lowest BCUT2D eigenvalue weighted by atomic mass is 10.2. The van der Waals surface area contributed by atoms with Crippen LogP contribution in [0.2, 0.25) is 0 Å². The Hall–Kier alpha value is -1.23. The molecular weight excluding hydrogens is 248 g/mol. The number of nitrogens with zero attached hydrogens (tertiary/aromatic N) is 1. The van der Waals surface area contributed by atoms with Crippen molar-refractivity contribution in [3.63, 3.8) is 0 Å². The van der Waals surface area contributed by atoms with Gasteiger partial charge in [0.15, 0.2) is 0 Å². The van der Waals surface area contributed by atoms with E-state index >= 15 is 0 Å². The molecule has 0 saturated heterocycles. The number of anilines is 2. The Bertz CT molecular complexity index is 532. The molecule has 0 aliphatic carbocycles. The summed E-state index contributed by atoms with van der Waals surface area (Å²) in [4.78, 5) is 0. The van der Waals surface area contributed by atoms with E-state index in [0.29, 0.717) is 6.54 Å². The monoisotopic (exact) mass is 268 g/mol. The normalized spacial score (nSPS) is 16.7. The van der Waals surface area contributed by atoms with Crippen LogP contribution in [0.15, 0.2) is 24.3 Å². The Morgan fingerprint density at radius 1 is 1.22 bits per heavy atom. The fraction of sp³-hybridized carbons (Fsp3) is 0.538. The second kappa shape index (κ2) is 4.46. The maximum atomic E-state index is 12.6. The summed E-state index contributed by atoms with van der Waals surface area (Å²) in [6.07, 6.45) is 0.810. The molecule has 0 aromatic heterocycles. The molecule has 18 heavy (non-hydrogen) atoms. The van der Waals surface area contributed by atoms with Crippen LogP contribution in [0, 0.1) is 0 Å². The zero-order valence-electron chi connectivity index (χ0n) is 11.1. The van der Waals surface area contributed by atoms with Gasteiger partial charge in [0.2, 0.25) is 10.0 Å². The number of hydrogen-bond donors (Lipinski definition) is 1. The number of fused-ring (bicyclic) bond motifs is 1. The topological polar surface area (TPSA) is 49.4 Å². The lowest BCUT2D eigenvalue weighted by molar-refractivity contribution is 0.554. The Morgan fingerprint density at radius 2 is 1.89 bits per heavy atom. The average molecular weight is 268 g/mol. The first kappa shape index (κ1) is 13.2. The summed E-state index contributed by atoms with van der Waals surface area (Å²) >= 11 is 0. The first-order chi connectivity index (χ1) is 8.34. The quantitative estimate of drug-likeness (QED) is 0.851. The molecule has 5 heteroatoms. The van der Waals surface area contributed by atoms with Gasteiger partial charge < -0.3 is 5.32 Å². The second-order valence-electron chi connectivity index (χ2n) is 5.49. The number of rotatable bonds is 1. The molecule has 1 aromatic carbocycles. The van der Waals surface area contributed by atoms with Crippen LogP contribution in [0.25, 0.3) is 0 Å². The van der Waals surface area contributed by atoms with E-state index in [1.54, 1.807) is 25.1 Å². The van der Waals surface area contributed by atoms with Crippen molar-refractivity contribution in [3.8, 4) is 0 Å². The summed E-state index contributed by atoms with van der Waals surface area (Å²) in [5, 5.41) is 3.27. The molecule has 0 fully saturated rings. The number of para-hydroxylation sites is 2. The van der Waals surface area contributed by atoms with Crippen LogP contribution in [0.3, 0.4) is 0 Å². The molecule has 1 heterocycles. The summed E-state index contributed by atoms with van der Waals surface area (Å²) in [6, 6.07) is 7.57. The zero-order chi connectivity index (χ0) is 13.4. The maximum Gasteiger partial charge on any atom is 0.240 e. The Labute approximate surface area is 109 Å². The van der Waals surface area contributed by atoms with E-state index in [9.17, 15) is 8.42 Å². The first-order valence-corrected chi connectivity index (χ1v) is 7.63. The van der Waals surface area contributed by atoms with E-state index in [4.69, 9.17) is 0 Å². The van der Waals surface area contributed by atoms with E-state index in [-0.39, 0.29) is 0 Å². The van der Waals surface area contributed by atoms with Gasteiger partial charge in [0, 0.05) is 13.1 Å². The first-order valence-electron chi connectivity index (χ1n) is 6.19. The lowest BCUT2D eigenvalue weighted by Gasteiger charge is -2.31. The largest absolute Gasteiger partial charge is 0.383 e. The van der Waals surface area contributed by atoms with Crippen LogP contribution in [-0.2, 0) is 10.0 Å². The number of nitrogens with one attached hydrogen (secondary N) is 1. The Kier molecular flexibility index (Phi) is 3.27. The minimum atomic E-state index is -3.34. The molecule has 0 atom stereocenters. The second-order valence-corrected chi connectivity index (χ2v) is 8.10. The van der Waals surface area contributed by atoms with Gasteiger partial charge in [0.05, 0.1) is 16.1 Å². The van der Waals surface area contributed by atoms with E-state index in [0.717, 1.165) is 24.3 Å². The van der Waals surface area contributed by atoms with Crippen molar-refractivity contribution in [2.75, 3.05) is 22.7 Å². The van der Waals surface area contributed by atoms with E-state index in [2.05, 4.69) is 5.32 Å². The highest BCUT2D eigenvalue weighted by molar-refractivity contribution is 7.94. The van der Waals surface area contributed by atoms with Gasteiger partial charge in [-0.3, -0.25) is 4.31 Å². The smallest absolute Gasteiger partial charge is 0.240 e. The number of benzene rings is 1. The molecule has 1 aliphatic heterocycles. The highest BCUT2D eigenvalue weighted by Crippen LogP contribution is 2.33. The molecule has 0 spiro atoms. The molecule has 0 amide bonds. The van der Waals surface area contributed by atoms with Crippen LogP contribution in [-0.4, -0.2) is 26.3 Å². The molecule has 1 N–H and O–H groups in total. The van der Waals surface area contributed by atoms with Gasteiger partial charge in [-0.25, -0.2) is 8.42 Å². The molecule has 0 unspecified atom stereocenters. The average Bonchev–Trinajstić information content (AvgIpc) is 2.49. The van der Waals surface area contributed by atoms with Crippen molar-refractivity contribution in [1.29, 1.82) is 0 Å². The van der Waals surface area contributed by atoms with Crippen molar-refractivity contribution in [2.24, 2.45) is 0 Å². The van der Waals surface area contributed by atoms with E-state index in [1.807, 2.05) is 24.3 Å². The number of sulfonamides is 1. The fourth-order valence-electron chi connectivity index (χ4n) is 1.99. The van der Waals surface area contributed by atoms with Gasteiger partial charge in [0.1, 0.15) is 0 Å². The van der Waals surface area contributed by atoms with Crippen molar-refractivity contribution in [1.82, 2.24) is 0 Å². The van der Waals surface area contributed by atoms with Crippen LogP contribution in [0.4, 0.5) is 11.4 Å². The van der Waals surface area contributed by atoms with Crippen LogP contribution in [0.1, 0.15) is 27.2 Å². The van der Waals surface area contributed by atoms with E-state index < -0.39 is 14.8 Å². The lowest BCUT2D eigenvalue weighted by Crippen LogP contribution is -2.43. The van der Waals surface area contributed by atoms with Crippen molar-refractivity contribution >= 4 is 21.4 Å². The predicted octanol–water partition coefficient (Wildman–Crippen LogP) is 2.44. The van der Waals surface area contributed by atoms with Gasteiger partial charge in [-0.15, -0.1) is 0 Å². The molecule has 0 bridgehead atoms. The zero-order valence-corrected chi connectivity index (χ0v) is 11.9. The SMILES string of the molecule is CC(C)(C)S(=O)(=O)N1CCCNc2ccccc21. The minimum Gasteiger partial charge on any atom is -0.383 e. The third-order valence-electron chi connectivity index (χ3n) is 3.09. The summed E-state index contributed by atoms with van der Waals surface area (Å²) in [6.45, 7) is 6.55. The maximum absolute atomic E-state index is 12.6. The molecular formula is C13H20N2O2S. The Balaban J connectivity index is 2.53. The Morgan fingerprint density at radius 3 is 2.56 bits per heavy atom. The fourth-order valence-corrected chi connectivity index (χ4v) is 3.44. The van der Waals surface area contributed by atoms with Gasteiger partial charge in [-0.05, 0) is 39.3 Å². The summed E-state index contributed by atoms with van der Waals surface area (Å²) in [7, 11) is -3.34. The summed E-state index contributed by atoms with van der Waals surface area (Å²) < 4.78 is 26.0. The molecule has 1 aromatic rings. The van der Waals surface area contributed by atoms with Gasteiger partial charge >= 0.3 is 0 Å². The van der Waals surface area contributed by atoms with Crippen LogP contribution < -0.4 is 9.62 Å². The standard InChI is InChI=1S/C13H20N2O2S/c1-13(2,3)18(16,17)15-10-6-9-14-11-7-4-5-8-12(11)15/h4-5,7-8,14H,6,9-10H2,1-3H3. The van der Waals surface area contributed by atoms with Crippen molar-refractivity contribution < 1.29 is 8.42 Å². The summed E-state index contributed by atoms with van der Waals surface area (Å²) in [5.41, 5.74) is 1.65. The van der Waals surface area contributed by atoms with Crippen LogP contribution in [0.5, 0.6) is 0 Å². The third kappa shape index (κ3) is 2.19. The van der Waals surface area contributed by atoms with Gasteiger partial charge in [-0.2, -0.15) is 0 Å². The molecule has 2 rings (SSSR count). The minimum absolute atomic E-state index is 0.531. The molecule has 4 nitrogen and oxygen atoms in total. The van der Waals surface area contributed by atoms with Crippen molar-refractivity contribution in [2.45, 2.75) is 31.9 Å². The number of hydrogen-bond acceptors (Lipinski definition) is 3. The highest BCUT2D eigenvalue weighted by atomic mass is 32.2. The highest BCUT2D eigenvalue weighted by Gasteiger charge is 2.36. The predicted molar refractivity (Wildman–Crippen MR) is 75.6 cm³/mol. The summed E-state index contributed by atoms with van der Waals surface area (Å²) in [5.74, 6) is 0. The molecule has 100 valence electrons. The van der Waals surface area contributed by atoms with Crippen molar-refractivity contribution in [3.05, 3.63) is 24.3 Å². The van der Waals surface area contributed by atoms with Gasteiger partial charge in [0.25, 0.3) is 0 Å². The molecule has 1 aliphatic rings. The molecule has 0 saturated carbocycles. The van der Waals surface area contributed by atoms with Crippen LogP contribution >= 0.6 is 0 Å².